The van der Waals surface area contributed by atoms with Crippen LogP contribution in [0.5, 0.6) is 0 Å². The van der Waals surface area contributed by atoms with Gasteiger partial charge in [-0.05, 0) is 37.3 Å². The van der Waals surface area contributed by atoms with E-state index >= 15 is 0 Å². The Kier molecular flexibility index (Phi) is 4.27. The van der Waals surface area contributed by atoms with Crippen molar-refractivity contribution in [3.8, 4) is 0 Å². The summed E-state index contributed by atoms with van der Waals surface area (Å²) in [6.07, 6.45) is 3.57. The van der Waals surface area contributed by atoms with Crippen molar-refractivity contribution >= 4 is 17.6 Å². The Labute approximate surface area is 134 Å². The summed E-state index contributed by atoms with van der Waals surface area (Å²) in [5, 5.41) is 9.81. The van der Waals surface area contributed by atoms with Crippen molar-refractivity contribution in [2.24, 2.45) is 0 Å². The largest absolute Gasteiger partial charge is 0.348 e. The van der Waals surface area contributed by atoms with Crippen LogP contribution in [-0.2, 0) is 6.54 Å². The molecular weight excluding hydrogens is 294 g/mol. The summed E-state index contributed by atoms with van der Waals surface area (Å²) in [6.45, 7) is 3.84. The molecule has 3 rings (SSSR count). The molecule has 2 aromatic rings. The molecule has 1 fully saturated rings. The van der Waals surface area contributed by atoms with Crippen molar-refractivity contribution in [2.45, 2.75) is 19.5 Å². The van der Waals surface area contributed by atoms with Crippen molar-refractivity contribution in [3.05, 3.63) is 48.3 Å². The molecule has 1 aromatic carbocycles. The van der Waals surface area contributed by atoms with E-state index in [1.165, 1.54) is 0 Å². The highest BCUT2D eigenvalue weighted by molar-refractivity contribution is 5.97. The van der Waals surface area contributed by atoms with Gasteiger partial charge in [0.2, 0.25) is 0 Å². The van der Waals surface area contributed by atoms with Crippen LogP contribution in [0.1, 0.15) is 17.3 Å². The molecule has 0 bridgehead atoms. The number of hydrogen-bond acceptors (Lipinski definition) is 3. The zero-order valence-corrected chi connectivity index (χ0v) is 12.9. The Hall–Kier alpha value is -2.83. The third kappa shape index (κ3) is 3.50. The second-order valence-corrected chi connectivity index (χ2v) is 5.53. The van der Waals surface area contributed by atoms with E-state index < -0.39 is 0 Å². The monoisotopic (exact) mass is 313 g/mol. The number of carbonyl (C=O) groups excluding carboxylic acids is 2. The average Bonchev–Trinajstić information content (AvgIpc) is 3.19. The molecule has 0 spiro atoms. The van der Waals surface area contributed by atoms with Crippen LogP contribution in [0, 0.1) is 0 Å². The molecule has 1 saturated heterocycles. The van der Waals surface area contributed by atoms with Crippen molar-refractivity contribution < 1.29 is 9.59 Å². The molecular formula is C16H19N5O2. The first kappa shape index (κ1) is 15.1. The molecule has 0 aliphatic carbocycles. The number of amides is 3. The van der Waals surface area contributed by atoms with Crippen LogP contribution in [0.4, 0.5) is 10.5 Å². The van der Waals surface area contributed by atoms with Gasteiger partial charge in [0.05, 0.1) is 6.54 Å². The van der Waals surface area contributed by atoms with E-state index in [4.69, 9.17) is 0 Å². The molecule has 1 aliphatic heterocycles. The number of aromatic nitrogens is 2. The fourth-order valence-electron chi connectivity index (χ4n) is 2.55. The lowest BCUT2D eigenvalue weighted by molar-refractivity contribution is 0.0936. The molecule has 7 heteroatoms. The van der Waals surface area contributed by atoms with Gasteiger partial charge in [-0.3, -0.25) is 14.4 Å². The van der Waals surface area contributed by atoms with Gasteiger partial charge in [-0.1, -0.05) is 0 Å². The van der Waals surface area contributed by atoms with Crippen molar-refractivity contribution in [1.82, 2.24) is 20.4 Å². The molecule has 23 heavy (non-hydrogen) atoms. The summed E-state index contributed by atoms with van der Waals surface area (Å²) in [5.74, 6) is -0.137. The highest BCUT2D eigenvalue weighted by atomic mass is 16.2. The summed E-state index contributed by atoms with van der Waals surface area (Å²) in [7, 11) is 0. The van der Waals surface area contributed by atoms with Crippen LogP contribution in [0.2, 0.25) is 0 Å². The number of hydrogen-bond donors (Lipinski definition) is 2. The van der Waals surface area contributed by atoms with E-state index in [1.54, 1.807) is 40.0 Å². The van der Waals surface area contributed by atoms with Gasteiger partial charge in [-0.2, -0.15) is 5.10 Å². The standard InChI is InChI=1S/C16H19N5O2/c1-12(11-20-9-2-7-18-20)19-15(22)13-3-5-14(6-4-13)21-10-8-17-16(21)23/h2-7,9,12H,8,10-11H2,1H3,(H,17,23)(H,19,22)/t12-/m0/s1. The fraction of sp³-hybridized carbons (Fsp3) is 0.312. The van der Waals surface area contributed by atoms with Crippen LogP contribution in [-0.4, -0.2) is 40.9 Å². The van der Waals surface area contributed by atoms with E-state index in [0.29, 0.717) is 25.2 Å². The number of rotatable bonds is 5. The second-order valence-electron chi connectivity index (χ2n) is 5.53. The zero-order valence-electron chi connectivity index (χ0n) is 12.9. The van der Waals surface area contributed by atoms with Crippen LogP contribution in [0.15, 0.2) is 42.7 Å². The highest BCUT2D eigenvalue weighted by Crippen LogP contribution is 2.17. The normalized spacial score (nSPS) is 15.3. The van der Waals surface area contributed by atoms with Crippen LogP contribution >= 0.6 is 0 Å². The molecule has 2 N–H and O–H groups in total. The van der Waals surface area contributed by atoms with E-state index in [-0.39, 0.29) is 18.0 Å². The fourth-order valence-corrected chi connectivity index (χ4v) is 2.55. The molecule has 2 heterocycles. The first-order chi connectivity index (χ1) is 11.1. The van der Waals surface area contributed by atoms with Gasteiger partial charge < -0.3 is 10.6 Å². The summed E-state index contributed by atoms with van der Waals surface area (Å²) < 4.78 is 1.78. The van der Waals surface area contributed by atoms with Crippen LogP contribution in [0.3, 0.4) is 0 Å². The number of nitrogens with zero attached hydrogens (tertiary/aromatic N) is 3. The maximum absolute atomic E-state index is 12.2. The minimum Gasteiger partial charge on any atom is -0.348 e. The number of benzene rings is 1. The highest BCUT2D eigenvalue weighted by Gasteiger charge is 2.21. The van der Waals surface area contributed by atoms with Gasteiger partial charge in [0.25, 0.3) is 5.91 Å². The Morgan fingerprint density at radius 1 is 1.39 bits per heavy atom. The van der Waals surface area contributed by atoms with Gasteiger partial charge in [-0.25, -0.2) is 4.79 Å². The third-order valence-electron chi connectivity index (χ3n) is 3.70. The molecule has 7 nitrogen and oxygen atoms in total. The second kappa shape index (κ2) is 6.51. The maximum atomic E-state index is 12.2. The van der Waals surface area contributed by atoms with Gasteiger partial charge in [-0.15, -0.1) is 0 Å². The van der Waals surface area contributed by atoms with Crippen molar-refractivity contribution in [2.75, 3.05) is 18.0 Å². The Morgan fingerprint density at radius 2 is 2.17 bits per heavy atom. The Bertz CT molecular complexity index is 681. The van der Waals surface area contributed by atoms with Crippen LogP contribution in [0.25, 0.3) is 0 Å². The molecule has 0 radical (unpaired) electrons. The number of nitrogens with one attached hydrogen (secondary N) is 2. The lowest BCUT2D eigenvalue weighted by atomic mass is 10.1. The molecule has 3 amide bonds. The topological polar surface area (TPSA) is 79.3 Å². The van der Waals surface area contributed by atoms with Gasteiger partial charge >= 0.3 is 6.03 Å². The van der Waals surface area contributed by atoms with Crippen molar-refractivity contribution in [1.29, 1.82) is 0 Å². The molecule has 1 atom stereocenters. The van der Waals surface area contributed by atoms with E-state index in [0.717, 1.165) is 5.69 Å². The molecule has 1 aliphatic rings. The lowest BCUT2D eigenvalue weighted by Gasteiger charge is -2.16. The van der Waals surface area contributed by atoms with E-state index in [1.807, 2.05) is 19.2 Å². The summed E-state index contributed by atoms with van der Waals surface area (Å²) >= 11 is 0. The van der Waals surface area contributed by atoms with E-state index in [9.17, 15) is 9.59 Å². The predicted octanol–water partition coefficient (Wildman–Crippen LogP) is 1.23. The predicted molar refractivity (Wildman–Crippen MR) is 86.3 cm³/mol. The zero-order chi connectivity index (χ0) is 16.2. The SMILES string of the molecule is C[C@@H](Cn1cccn1)NC(=O)c1ccc(N2CCNC2=O)cc1. The number of urea groups is 1. The summed E-state index contributed by atoms with van der Waals surface area (Å²) in [6, 6.07) is 8.76. The molecule has 1 aromatic heterocycles. The van der Waals surface area contributed by atoms with Crippen LogP contribution < -0.4 is 15.5 Å². The number of carbonyl (C=O) groups is 2. The van der Waals surface area contributed by atoms with Crippen molar-refractivity contribution in [3.63, 3.8) is 0 Å². The first-order valence-corrected chi connectivity index (χ1v) is 7.57. The average molecular weight is 313 g/mol. The number of anilines is 1. The Balaban J connectivity index is 1.60. The van der Waals surface area contributed by atoms with E-state index in [2.05, 4.69) is 15.7 Å². The quantitative estimate of drug-likeness (QED) is 0.871. The Morgan fingerprint density at radius 3 is 2.78 bits per heavy atom. The van der Waals surface area contributed by atoms with Gasteiger partial charge in [0.15, 0.2) is 0 Å². The first-order valence-electron chi connectivity index (χ1n) is 7.57. The van der Waals surface area contributed by atoms with Gasteiger partial charge in [0, 0.05) is 42.8 Å². The maximum Gasteiger partial charge on any atom is 0.321 e. The third-order valence-corrected chi connectivity index (χ3v) is 3.70. The minimum atomic E-state index is -0.137. The minimum absolute atomic E-state index is 0.0357. The smallest absolute Gasteiger partial charge is 0.321 e. The molecule has 0 saturated carbocycles. The molecule has 0 unspecified atom stereocenters. The lowest BCUT2D eigenvalue weighted by Crippen LogP contribution is -2.35. The summed E-state index contributed by atoms with van der Waals surface area (Å²) in [5.41, 5.74) is 1.36. The summed E-state index contributed by atoms with van der Waals surface area (Å²) in [4.78, 5) is 25.5. The molecule has 120 valence electrons. The van der Waals surface area contributed by atoms with Gasteiger partial charge in [0.1, 0.15) is 0 Å².